The maximum absolute atomic E-state index is 12.2. The van der Waals surface area contributed by atoms with Gasteiger partial charge in [-0.2, -0.15) is 14.0 Å². The first kappa shape index (κ1) is 11.4. The van der Waals surface area contributed by atoms with Crippen molar-refractivity contribution in [2.45, 2.75) is 35.3 Å². The summed E-state index contributed by atoms with van der Waals surface area (Å²) in [6, 6.07) is 9.30. The zero-order valence-electron chi connectivity index (χ0n) is 8.62. The highest BCUT2D eigenvalue weighted by Crippen LogP contribution is 2.44. The normalized spacial score (nSPS) is 17.9. The Morgan fingerprint density at radius 3 is 2.62 bits per heavy atom. The molecule has 1 aliphatic rings. The summed E-state index contributed by atoms with van der Waals surface area (Å²) < 4.78 is 24.4. The van der Waals surface area contributed by atoms with Gasteiger partial charge < -0.3 is 0 Å². The smallest absolute Gasteiger partial charge is 0.198 e. The van der Waals surface area contributed by atoms with Gasteiger partial charge in [-0.25, -0.2) is 0 Å². The van der Waals surface area contributed by atoms with Gasteiger partial charge in [0.15, 0.2) is 0 Å². The van der Waals surface area contributed by atoms with Gasteiger partial charge in [0.2, 0.25) is 0 Å². The highest BCUT2D eigenvalue weighted by atomic mass is 32.2. The Balaban J connectivity index is 2.26. The summed E-state index contributed by atoms with van der Waals surface area (Å²) in [6.45, 7) is 0. The number of halogens is 2. The molecule has 0 unspecified atom stereocenters. The average molecular weight is 239 g/mol. The summed E-state index contributed by atoms with van der Waals surface area (Å²) in [5.41, 5.74) is 0.463. The number of nitriles is 1. The molecule has 0 bridgehead atoms. The second-order valence-electron chi connectivity index (χ2n) is 3.95. The van der Waals surface area contributed by atoms with Gasteiger partial charge in [0, 0.05) is 4.90 Å². The minimum atomic E-state index is -2.41. The van der Waals surface area contributed by atoms with E-state index >= 15 is 0 Å². The first-order chi connectivity index (χ1) is 7.66. The largest absolute Gasteiger partial charge is 0.288 e. The maximum atomic E-state index is 12.2. The van der Waals surface area contributed by atoms with Crippen LogP contribution in [-0.4, -0.2) is 5.76 Å². The van der Waals surface area contributed by atoms with Crippen LogP contribution in [0.4, 0.5) is 8.78 Å². The molecule has 16 heavy (non-hydrogen) atoms. The maximum Gasteiger partial charge on any atom is 0.288 e. The third kappa shape index (κ3) is 2.05. The molecule has 0 heterocycles. The molecule has 1 aliphatic carbocycles. The molecule has 0 aliphatic heterocycles. The molecule has 4 heteroatoms. The monoisotopic (exact) mass is 239 g/mol. The van der Waals surface area contributed by atoms with E-state index in [1.54, 1.807) is 18.2 Å². The van der Waals surface area contributed by atoms with Crippen molar-refractivity contribution in [2.24, 2.45) is 0 Å². The summed E-state index contributed by atoms with van der Waals surface area (Å²) in [6.07, 6.45) is 2.72. The van der Waals surface area contributed by atoms with Crippen LogP contribution in [0.25, 0.3) is 0 Å². The van der Waals surface area contributed by atoms with E-state index in [9.17, 15) is 8.78 Å². The standard InChI is InChI=1S/C12H11F2NS/c13-11(14)16-10-4-1-3-9(7-10)12(8-15)5-2-6-12/h1,3-4,7,11H,2,5-6H2. The third-order valence-electron chi connectivity index (χ3n) is 3.03. The van der Waals surface area contributed by atoms with Gasteiger partial charge in [-0.05, 0) is 37.0 Å². The molecule has 2 rings (SSSR count). The van der Waals surface area contributed by atoms with E-state index in [-0.39, 0.29) is 0 Å². The predicted octanol–water partition coefficient (Wildman–Crippen LogP) is 3.95. The van der Waals surface area contributed by atoms with Gasteiger partial charge >= 0.3 is 0 Å². The molecule has 1 fully saturated rings. The Hall–Kier alpha value is -1.08. The third-order valence-corrected chi connectivity index (χ3v) is 3.74. The van der Waals surface area contributed by atoms with Crippen molar-refractivity contribution in [2.75, 3.05) is 0 Å². The summed E-state index contributed by atoms with van der Waals surface area (Å²) in [4.78, 5) is 0.536. The Labute approximate surface area is 97.5 Å². The van der Waals surface area contributed by atoms with Crippen LogP contribution in [0.2, 0.25) is 0 Å². The van der Waals surface area contributed by atoms with Crippen LogP contribution in [-0.2, 0) is 5.41 Å². The van der Waals surface area contributed by atoms with Crippen LogP contribution in [0.1, 0.15) is 24.8 Å². The van der Waals surface area contributed by atoms with Crippen molar-refractivity contribution in [3.63, 3.8) is 0 Å². The zero-order valence-corrected chi connectivity index (χ0v) is 9.44. The van der Waals surface area contributed by atoms with Gasteiger partial charge in [0.25, 0.3) is 5.76 Å². The van der Waals surface area contributed by atoms with Crippen molar-refractivity contribution in [3.8, 4) is 6.07 Å². The molecule has 1 nitrogen and oxygen atoms in total. The first-order valence-corrected chi connectivity index (χ1v) is 6.01. The van der Waals surface area contributed by atoms with Gasteiger partial charge in [0.1, 0.15) is 0 Å². The van der Waals surface area contributed by atoms with E-state index in [1.807, 2.05) is 6.07 Å². The fraction of sp³-hybridized carbons (Fsp3) is 0.417. The van der Waals surface area contributed by atoms with Crippen LogP contribution < -0.4 is 0 Å². The van der Waals surface area contributed by atoms with Crippen LogP contribution in [0.5, 0.6) is 0 Å². The Morgan fingerprint density at radius 1 is 1.38 bits per heavy atom. The Bertz CT molecular complexity index is 421. The van der Waals surface area contributed by atoms with Gasteiger partial charge in [-0.1, -0.05) is 23.9 Å². The quantitative estimate of drug-likeness (QED) is 0.746. The number of alkyl halides is 2. The fourth-order valence-corrected chi connectivity index (χ4v) is 2.52. The lowest BCUT2D eigenvalue weighted by molar-refractivity contribution is 0.252. The molecule has 0 N–H and O–H groups in total. The molecule has 1 saturated carbocycles. The minimum absolute atomic E-state index is 0.418. The van der Waals surface area contributed by atoms with Gasteiger partial charge in [-0.15, -0.1) is 0 Å². The Morgan fingerprint density at radius 2 is 2.12 bits per heavy atom. The molecule has 0 amide bonds. The van der Waals surface area contributed by atoms with Crippen molar-refractivity contribution >= 4 is 11.8 Å². The second kappa shape index (κ2) is 4.42. The highest BCUT2D eigenvalue weighted by Gasteiger charge is 2.38. The molecule has 0 atom stereocenters. The van der Waals surface area contributed by atoms with E-state index in [4.69, 9.17) is 5.26 Å². The number of nitrogens with zero attached hydrogens (tertiary/aromatic N) is 1. The molecule has 0 spiro atoms. The lowest BCUT2D eigenvalue weighted by atomic mass is 9.66. The predicted molar refractivity (Wildman–Crippen MR) is 59.4 cm³/mol. The molecular weight excluding hydrogens is 228 g/mol. The molecule has 0 aromatic heterocycles. The fourth-order valence-electron chi connectivity index (χ4n) is 1.97. The summed E-state index contributed by atoms with van der Waals surface area (Å²) in [5.74, 6) is -2.41. The van der Waals surface area contributed by atoms with Gasteiger partial charge in [0.05, 0.1) is 11.5 Å². The summed E-state index contributed by atoms with van der Waals surface area (Å²) in [7, 11) is 0. The van der Waals surface area contributed by atoms with Crippen molar-refractivity contribution < 1.29 is 8.78 Å². The van der Waals surface area contributed by atoms with Crippen molar-refractivity contribution in [3.05, 3.63) is 29.8 Å². The number of hydrogen-bond donors (Lipinski definition) is 0. The van der Waals surface area contributed by atoms with Crippen molar-refractivity contribution in [1.82, 2.24) is 0 Å². The lowest BCUT2D eigenvalue weighted by Crippen LogP contribution is -2.32. The van der Waals surface area contributed by atoms with E-state index in [0.29, 0.717) is 16.7 Å². The van der Waals surface area contributed by atoms with Crippen molar-refractivity contribution in [1.29, 1.82) is 5.26 Å². The van der Waals surface area contributed by atoms with Crippen LogP contribution in [0, 0.1) is 11.3 Å². The molecule has 0 saturated heterocycles. The van der Waals surface area contributed by atoms with Crippen LogP contribution in [0.15, 0.2) is 29.2 Å². The van der Waals surface area contributed by atoms with E-state index < -0.39 is 11.2 Å². The Kier molecular flexibility index (Phi) is 3.15. The number of hydrogen-bond acceptors (Lipinski definition) is 2. The second-order valence-corrected chi connectivity index (χ2v) is 5.02. The minimum Gasteiger partial charge on any atom is -0.198 e. The summed E-state index contributed by atoms with van der Waals surface area (Å²) >= 11 is 0.531. The highest BCUT2D eigenvalue weighted by molar-refractivity contribution is 7.99. The van der Waals surface area contributed by atoms with Gasteiger partial charge in [-0.3, -0.25) is 0 Å². The molecule has 84 valence electrons. The zero-order chi connectivity index (χ0) is 11.6. The van der Waals surface area contributed by atoms with Crippen LogP contribution >= 0.6 is 11.8 Å². The number of benzene rings is 1. The molecule has 1 aromatic carbocycles. The molecule has 1 aromatic rings. The SMILES string of the molecule is N#CC1(c2cccc(SC(F)F)c2)CCC1. The topological polar surface area (TPSA) is 23.8 Å². The molecule has 0 radical (unpaired) electrons. The van der Waals surface area contributed by atoms with E-state index in [1.165, 1.54) is 0 Å². The summed E-state index contributed by atoms with van der Waals surface area (Å²) in [5, 5.41) is 9.16. The van der Waals surface area contributed by atoms with Crippen LogP contribution in [0.3, 0.4) is 0 Å². The number of rotatable bonds is 3. The average Bonchev–Trinajstić information content (AvgIpc) is 2.16. The first-order valence-electron chi connectivity index (χ1n) is 5.13. The molecular formula is C12H11F2NS. The van der Waals surface area contributed by atoms with E-state index in [0.717, 1.165) is 24.8 Å². The number of thioether (sulfide) groups is 1. The van der Waals surface area contributed by atoms with E-state index in [2.05, 4.69) is 6.07 Å². The lowest BCUT2D eigenvalue weighted by Gasteiger charge is -2.35.